The molecule has 1 aliphatic rings. The number of halogens is 2. The highest BCUT2D eigenvalue weighted by Crippen LogP contribution is 2.39. The Hall–Kier alpha value is -1.99. The SMILES string of the molecule is CCCCOC(=O)N[C@@H](CC)C(=O)N1c2cc(Cl)c(Cl)cc2C[C@H]1C(=O)OC. The van der Waals surface area contributed by atoms with E-state index in [2.05, 4.69) is 5.32 Å². The molecule has 2 atom stereocenters. The highest BCUT2D eigenvalue weighted by atomic mass is 35.5. The van der Waals surface area contributed by atoms with Crippen molar-refractivity contribution < 1.29 is 23.9 Å². The molecule has 154 valence electrons. The van der Waals surface area contributed by atoms with Gasteiger partial charge in [0.25, 0.3) is 5.91 Å². The van der Waals surface area contributed by atoms with E-state index in [1.54, 1.807) is 19.1 Å². The van der Waals surface area contributed by atoms with Crippen molar-refractivity contribution >= 4 is 46.9 Å². The van der Waals surface area contributed by atoms with Gasteiger partial charge in [0.05, 0.1) is 23.8 Å². The standard InChI is InChI=1S/C19H24Cl2N2O5/c1-4-6-7-28-19(26)22-14(5-2)17(24)23-15-10-13(21)12(20)8-11(15)9-16(23)18(25)27-3/h8,10,14,16H,4-7,9H2,1-3H3,(H,22,26)/t14-,16-/m0/s1. The van der Waals surface area contributed by atoms with Crippen LogP contribution in [-0.2, 0) is 25.5 Å². The van der Waals surface area contributed by atoms with Gasteiger partial charge in [-0.25, -0.2) is 9.59 Å². The lowest BCUT2D eigenvalue weighted by atomic mass is 10.1. The van der Waals surface area contributed by atoms with Crippen molar-refractivity contribution in [3.05, 3.63) is 27.7 Å². The van der Waals surface area contributed by atoms with Gasteiger partial charge in [0.1, 0.15) is 12.1 Å². The summed E-state index contributed by atoms with van der Waals surface area (Å²) >= 11 is 12.2. The molecule has 0 unspecified atom stereocenters. The zero-order chi connectivity index (χ0) is 20.8. The number of benzene rings is 1. The van der Waals surface area contributed by atoms with E-state index in [1.165, 1.54) is 12.0 Å². The summed E-state index contributed by atoms with van der Waals surface area (Å²) in [6, 6.07) is 1.47. The number of amides is 2. The molecule has 0 spiro atoms. The van der Waals surface area contributed by atoms with E-state index in [4.69, 9.17) is 32.7 Å². The Morgan fingerprint density at radius 2 is 1.93 bits per heavy atom. The molecule has 0 radical (unpaired) electrons. The summed E-state index contributed by atoms with van der Waals surface area (Å²) in [5, 5.41) is 3.18. The van der Waals surface area contributed by atoms with Crippen LogP contribution in [0.25, 0.3) is 0 Å². The molecule has 1 aliphatic heterocycles. The number of nitrogens with zero attached hydrogens (tertiary/aromatic N) is 1. The van der Waals surface area contributed by atoms with Gasteiger partial charge in [-0.15, -0.1) is 0 Å². The maximum Gasteiger partial charge on any atom is 0.407 e. The Morgan fingerprint density at radius 3 is 2.54 bits per heavy atom. The summed E-state index contributed by atoms with van der Waals surface area (Å²) in [5.74, 6) is -1.00. The lowest BCUT2D eigenvalue weighted by molar-refractivity contribution is -0.143. The molecule has 0 aromatic heterocycles. The topological polar surface area (TPSA) is 84.9 Å². The van der Waals surface area contributed by atoms with E-state index in [0.29, 0.717) is 22.7 Å². The number of carbonyl (C=O) groups excluding carboxylic acids is 3. The molecule has 28 heavy (non-hydrogen) atoms. The smallest absolute Gasteiger partial charge is 0.407 e. The number of anilines is 1. The van der Waals surface area contributed by atoms with Gasteiger partial charge in [-0.05, 0) is 30.5 Å². The Bertz CT molecular complexity index is 756. The second-order valence-corrected chi connectivity index (χ2v) is 7.26. The Labute approximate surface area is 174 Å². The molecule has 1 heterocycles. The van der Waals surface area contributed by atoms with Crippen LogP contribution in [0.1, 0.15) is 38.7 Å². The number of alkyl carbamates (subject to hydrolysis) is 1. The molecule has 0 saturated heterocycles. The summed E-state index contributed by atoms with van der Waals surface area (Å²) in [6.45, 7) is 4.01. The molecule has 0 fully saturated rings. The molecule has 2 amide bonds. The van der Waals surface area contributed by atoms with Crippen LogP contribution >= 0.6 is 23.2 Å². The minimum atomic E-state index is -0.860. The van der Waals surface area contributed by atoms with E-state index in [0.717, 1.165) is 12.8 Å². The van der Waals surface area contributed by atoms with Gasteiger partial charge in [0.15, 0.2) is 0 Å². The number of esters is 1. The highest BCUT2D eigenvalue weighted by molar-refractivity contribution is 6.42. The van der Waals surface area contributed by atoms with Crippen LogP contribution in [0, 0.1) is 0 Å². The van der Waals surface area contributed by atoms with Gasteiger partial charge in [-0.3, -0.25) is 9.69 Å². The number of ether oxygens (including phenoxy) is 2. The highest BCUT2D eigenvalue weighted by Gasteiger charge is 2.42. The third-order valence-electron chi connectivity index (χ3n) is 4.55. The number of methoxy groups -OCH3 is 1. The molecule has 1 aromatic carbocycles. The van der Waals surface area contributed by atoms with Gasteiger partial charge in [-0.1, -0.05) is 43.5 Å². The fourth-order valence-corrected chi connectivity index (χ4v) is 3.37. The van der Waals surface area contributed by atoms with Crippen LogP contribution in [0.5, 0.6) is 0 Å². The number of nitrogens with one attached hydrogen (secondary N) is 1. The molecule has 0 saturated carbocycles. The Kier molecular flexibility index (Phi) is 7.95. The Morgan fingerprint density at radius 1 is 1.25 bits per heavy atom. The van der Waals surface area contributed by atoms with Crippen LogP contribution in [0.4, 0.5) is 10.5 Å². The third kappa shape index (κ3) is 4.89. The third-order valence-corrected chi connectivity index (χ3v) is 5.27. The van der Waals surface area contributed by atoms with Gasteiger partial charge in [0.2, 0.25) is 0 Å². The number of hydrogen-bond acceptors (Lipinski definition) is 5. The summed E-state index contributed by atoms with van der Waals surface area (Å²) < 4.78 is 9.93. The first-order valence-corrected chi connectivity index (χ1v) is 9.91. The molecule has 2 rings (SSSR count). The predicted molar refractivity (Wildman–Crippen MR) is 107 cm³/mol. The van der Waals surface area contributed by atoms with Crippen molar-refractivity contribution in [2.45, 2.75) is 51.6 Å². The van der Waals surface area contributed by atoms with Crippen molar-refractivity contribution in [3.8, 4) is 0 Å². The first-order chi connectivity index (χ1) is 13.3. The van der Waals surface area contributed by atoms with Crippen molar-refractivity contribution in [2.75, 3.05) is 18.6 Å². The van der Waals surface area contributed by atoms with Crippen LogP contribution < -0.4 is 10.2 Å². The van der Waals surface area contributed by atoms with Crippen molar-refractivity contribution in [3.63, 3.8) is 0 Å². The van der Waals surface area contributed by atoms with Gasteiger partial charge in [-0.2, -0.15) is 0 Å². The van der Waals surface area contributed by atoms with E-state index >= 15 is 0 Å². The average Bonchev–Trinajstić information content (AvgIpc) is 3.03. The summed E-state index contributed by atoms with van der Waals surface area (Å²) in [4.78, 5) is 38.8. The molecule has 9 heteroatoms. The van der Waals surface area contributed by atoms with Crippen LogP contribution in [0.3, 0.4) is 0 Å². The Balaban J connectivity index is 2.27. The molecule has 1 aromatic rings. The number of hydrogen-bond donors (Lipinski definition) is 1. The molecular weight excluding hydrogens is 407 g/mol. The van der Waals surface area contributed by atoms with Crippen LogP contribution in [-0.4, -0.2) is 43.8 Å². The van der Waals surface area contributed by atoms with Crippen molar-refractivity contribution in [1.82, 2.24) is 5.32 Å². The largest absolute Gasteiger partial charge is 0.467 e. The quantitative estimate of drug-likeness (QED) is 0.525. The molecule has 7 nitrogen and oxygen atoms in total. The first kappa shape index (κ1) is 22.3. The van der Waals surface area contributed by atoms with E-state index in [1.807, 2.05) is 6.92 Å². The number of carbonyl (C=O) groups is 3. The molecule has 0 aliphatic carbocycles. The van der Waals surface area contributed by atoms with E-state index in [9.17, 15) is 14.4 Å². The van der Waals surface area contributed by atoms with Crippen molar-refractivity contribution in [1.29, 1.82) is 0 Å². The minimum Gasteiger partial charge on any atom is -0.467 e. The molecule has 1 N–H and O–H groups in total. The van der Waals surface area contributed by atoms with Gasteiger partial charge in [0, 0.05) is 12.1 Å². The lowest BCUT2D eigenvalue weighted by Gasteiger charge is -2.28. The maximum absolute atomic E-state index is 13.2. The van der Waals surface area contributed by atoms with Crippen LogP contribution in [0.15, 0.2) is 12.1 Å². The van der Waals surface area contributed by atoms with Gasteiger partial charge >= 0.3 is 12.1 Å². The monoisotopic (exact) mass is 430 g/mol. The average molecular weight is 431 g/mol. The van der Waals surface area contributed by atoms with Gasteiger partial charge < -0.3 is 14.8 Å². The minimum absolute atomic E-state index is 0.252. The lowest BCUT2D eigenvalue weighted by Crippen LogP contribution is -2.53. The first-order valence-electron chi connectivity index (χ1n) is 9.16. The summed E-state index contributed by atoms with van der Waals surface area (Å²) in [7, 11) is 1.26. The van der Waals surface area contributed by atoms with E-state index < -0.39 is 30.1 Å². The summed E-state index contributed by atoms with van der Waals surface area (Å²) in [5.41, 5.74) is 1.19. The maximum atomic E-state index is 13.2. The number of rotatable bonds is 7. The predicted octanol–water partition coefficient (Wildman–Crippen LogP) is 3.73. The fraction of sp³-hybridized carbons (Fsp3) is 0.526. The van der Waals surface area contributed by atoms with Crippen LogP contribution in [0.2, 0.25) is 10.0 Å². The van der Waals surface area contributed by atoms with Crippen molar-refractivity contribution in [2.24, 2.45) is 0 Å². The fourth-order valence-electron chi connectivity index (χ4n) is 3.03. The molecule has 0 bridgehead atoms. The molecular formula is C19H24Cl2N2O5. The second kappa shape index (κ2) is 9.98. The second-order valence-electron chi connectivity index (χ2n) is 6.44. The number of fused-ring (bicyclic) bond motifs is 1. The summed E-state index contributed by atoms with van der Waals surface area (Å²) in [6.07, 6.45) is 1.53. The van der Waals surface area contributed by atoms with E-state index in [-0.39, 0.29) is 18.1 Å². The number of unbranched alkanes of at least 4 members (excludes halogenated alkanes) is 1. The normalized spacial score (nSPS) is 16.3. The zero-order valence-corrected chi connectivity index (χ0v) is 17.6. The zero-order valence-electron chi connectivity index (χ0n) is 16.1.